The molecule has 0 fully saturated rings. The highest BCUT2D eigenvalue weighted by atomic mass is 35.5. The summed E-state index contributed by atoms with van der Waals surface area (Å²) in [5, 5.41) is 2.28. The summed E-state index contributed by atoms with van der Waals surface area (Å²) in [6, 6.07) is 13.2. The van der Waals surface area contributed by atoms with Crippen LogP contribution >= 0.6 is 11.6 Å². The van der Waals surface area contributed by atoms with E-state index in [1.54, 1.807) is 6.07 Å². The van der Waals surface area contributed by atoms with Crippen LogP contribution in [0.1, 0.15) is 31.4 Å². The first kappa shape index (κ1) is 31.9. The van der Waals surface area contributed by atoms with Crippen LogP contribution in [0.25, 0.3) is 0 Å². The van der Waals surface area contributed by atoms with Gasteiger partial charge >= 0.3 is 6.18 Å². The van der Waals surface area contributed by atoms with E-state index >= 15 is 0 Å². The fourth-order valence-corrected chi connectivity index (χ4v) is 5.62. The van der Waals surface area contributed by atoms with E-state index in [9.17, 15) is 35.6 Å². The normalized spacial score (nSPS) is 12.5. The molecule has 0 aromatic heterocycles. The molecule has 0 aliphatic rings. The Hall–Kier alpha value is -3.64. The van der Waals surface area contributed by atoms with E-state index in [2.05, 4.69) is 5.32 Å². The third-order valence-electron chi connectivity index (χ3n) is 6.17. The molecule has 0 bridgehead atoms. The van der Waals surface area contributed by atoms with Crippen LogP contribution in [0, 0.1) is 5.82 Å². The van der Waals surface area contributed by atoms with Crippen LogP contribution in [0.5, 0.6) is 0 Å². The molecular formula is C28H28ClF4N3O4S. The number of hydrogen-bond donors (Lipinski definition) is 1. The Morgan fingerprint density at radius 1 is 1.00 bits per heavy atom. The van der Waals surface area contributed by atoms with Crippen LogP contribution in [0.15, 0.2) is 77.7 Å². The van der Waals surface area contributed by atoms with Gasteiger partial charge in [-0.25, -0.2) is 12.8 Å². The minimum absolute atomic E-state index is 0.0468. The summed E-state index contributed by atoms with van der Waals surface area (Å²) in [6.07, 6.45) is -4.24. The van der Waals surface area contributed by atoms with E-state index in [4.69, 9.17) is 11.6 Å². The van der Waals surface area contributed by atoms with Gasteiger partial charge in [-0.1, -0.05) is 54.9 Å². The molecule has 0 aliphatic heterocycles. The summed E-state index contributed by atoms with van der Waals surface area (Å²) in [7, 11) is -4.65. The average molecular weight is 614 g/mol. The monoisotopic (exact) mass is 613 g/mol. The molecule has 1 unspecified atom stereocenters. The average Bonchev–Trinajstić information content (AvgIpc) is 2.94. The van der Waals surface area contributed by atoms with Crippen molar-refractivity contribution in [1.29, 1.82) is 0 Å². The minimum Gasteiger partial charge on any atom is -0.354 e. The van der Waals surface area contributed by atoms with Crippen molar-refractivity contribution in [3.05, 3.63) is 94.8 Å². The van der Waals surface area contributed by atoms with Crippen molar-refractivity contribution in [2.45, 2.75) is 43.9 Å². The second-order valence-corrected chi connectivity index (χ2v) is 11.3. The topological polar surface area (TPSA) is 86.8 Å². The van der Waals surface area contributed by atoms with Gasteiger partial charge in [-0.3, -0.25) is 13.9 Å². The smallest absolute Gasteiger partial charge is 0.354 e. The lowest BCUT2D eigenvalue weighted by molar-refractivity contribution is -0.139. The number of carbonyl (C=O) groups is 2. The van der Waals surface area contributed by atoms with Crippen LogP contribution in [0.3, 0.4) is 0 Å². The number of amides is 2. The van der Waals surface area contributed by atoms with Crippen LogP contribution in [-0.4, -0.2) is 44.3 Å². The summed E-state index contributed by atoms with van der Waals surface area (Å²) in [5.41, 5.74) is -1.73. The summed E-state index contributed by atoms with van der Waals surface area (Å²) in [6.45, 7) is 2.05. The van der Waals surface area contributed by atoms with Gasteiger partial charge in [0.1, 0.15) is 18.4 Å². The third-order valence-corrected chi connectivity index (χ3v) is 8.26. The second kappa shape index (κ2) is 13.3. The predicted molar refractivity (Wildman–Crippen MR) is 147 cm³/mol. The highest BCUT2D eigenvalue weighted by Crippen LogP contribution is 2.37. The zero-order valence-electron chi connectivity index (χ0n) is 22.2. The van der Waals surface area contributed by atoms with Gasteiger partial charge in [-0.15, -0.1) is 0 Å². The Labute approximate surface area is 240 Å². The molecule has 41 heavy (non-hydrogen) atoms. The number of rotatable bonds is 11. The third kappa shape index (κ3) is 7.76. The second-order valence-electron chi connectivity index (χ2n) is 9.07. The standard InChI is InChI=1S/C28H28ClF4N3O4S/c1-3-15-34-27(38)19(2)35(17-20-9-7-8-12-24(20)30)26(37)18-36(41(39,40)22-10-5-4-6-11-22)25-16-21(28(31,32)33)13-14-23(25)29/h4-14,16,19H,3,15,17-18H2,1-2H3,(H,34,38). The summed E-state index contributed by atoms with van der Waals surface area (Å²) < 4.78 is 83.3. The van der Waals surface area contributed by atoms with Crippen LogP contribution < -0.4 is 9.62 Å². The number of carbonyl (C=O) groups excluding carboxylic acids is 2. The first-order valence-corrected chi connectivity index (χ1v) is 14.3. The van der Waals surface area contributed by atoms with Gasteiger partial charge in [0.25, 0.3) is 10.0 Å². The van der Waals surface area contributed by atoms with E-state index in [1.807, 2.05) is 6.92 Å². The van der Waals surface area contributed by atoms with Crippen molar-refractivity contribution in [2.24, 2.45) is 0 Å². The summed E-state index contributed by atoms with van der Waals surface area (Å²) >= 11 is 6.21. The lowest BCUT2D eigenvalue weighted by atomic mass is 10.1. The summed E-state index contributed by atoms with van der Waals surface area (Å²) in [4.78, 5) is 27.3. The molecule has 7 nitrogen and oxygen atoms in total. The Balaban J connectivity index is 2.12. The number of anilines is 1. The maximum atomic E-state index is 14.6. The number of benzene rings is 3. The summed E-state index contributed by atoms with van der Waals surface area (Å²) in [5.74, 6) is -2.22. The Kier molecular flexibility index (Phi) is 10.4. The Morgan fingerprint density at radius 3 is 2.24 bits per heavy atom. The SMILES string of the molecule is CCCNC(=O)C(C)N(Cc1ccccc1F)C(=O)CN(c1cc(C(F)(F)F)ccc1Cl)S(=O)(=O)c1ccccc1. The van der Waals surface area contributed by atoms with E-state index < -0.39 is 64.2 Å². The molecule has 2 amide bonds. The van der Waals surface area contributed by atoms with Gasteiger partial charge in [0.15, 0.2) is 0 Å². The molecule has 0 aliphatic carbocycles. The van der Waals surface area contributed by atoms with Crippen LogP contribution in [-0.2, 0) is 32.3 Å². The van der Waals surface area contributed by atoms with Gasteiger partial charge in [0, 0.05) is 18.7 Å². The Bertz CT molecular complexity index is 1490. The van der Waals surface area contributed by atoms with Gasteiger partial charge in [0.05, 0.1) is 21.2 Å². The van der Waals surface area contributed by atoms with Crippen molar-refractivity contribution in [3.8, 4) is 0 Å². The lowest BCUT2D eigenvalue weighted by Crippen LogP contribution is -2.51. The lowest BCUT2D eigenvalue weighted by Gasteiger charge is -2.32. The number of hydrogen-bond acceptors (Lipinski definition) is 4. The number of sulfonamides is 1. The molecule has 1 N–H and O–H groups in total. The zero-order chi connectivity index (χ0) is 30.4. The molecule has 220 valence electrons. The van der Waals surface area contributed by atoms with Crippen molar-refractivity contribution in [2.75, 3.05) is 17.4 Å². The number of halogens is 5. The predicted octanol–water partition coefficient (Wildman–Crippen LogP) is 5.64. The molecule has 0 spiro atoms. The molecule has 0 saturated carbocycles. The number of nitrogens with one attached hydrogen (secondary N) is 1. The van der Waals surface area contributed by atoms with E-state index in [0.717, 1.165) is 17.0 Å². The highest BCUT2D eigenvalue weighted by molar-refractivity contribution is 7.92. The van der Waals surface area contributed by atoms with Crippen LogP contribution in [0.4, 0.5) is 23.2 Å². The number of nitrogens with zero attached hydrogens (tertiary/aromatic N) is 2. The van der Waals surface area contributed by atoms with Gasteiger partial charge in [-0.2, -0.15) is 13.2 Å². The van der Waals surface area contributed by atoms with Crippen molar-refractivity contribution < 1.29 is 35.6 Å². The van der Waals surface area contributed by atoms with E-state index in [1.165, 1.54) is 49.4 Å². The molecule has 0 heterocycles. The zero-order valence-corrected chi connectivity index (χ0v) is 23.7. The first-order chi connectivity index (χ1) is 19.3. The maximum Gasteiger partial charge on any atom is 0.416 e. The van der Waals surface area contributed by atoms with E-state index in [0.29, 0.717) is 29.4 Å². The fourth-order valence-electron chi connectivity index (χ4n) is 3.90. The van der Waals surface area contributed by atoms with Crippen LogP contribution in [0.2, 0.25) is 5.02 Å². The van der Waals surface area contributed by atoms with E-state index in [-0.39, 0.29) is 15.5 Å². The molecule has 3 rings (SSSR count). The molecule has 1 atom stereocenters. The minimum atomic E-state index is -4.84. The van der Waals surface area contributed by atoms with Gasteiger partial charge in [-0.05, 0) is 49.7 Å². The van der Waals surface area contributed by atoms with Gasteiger partial charge < -0.3 is 10.2 Å². The fraction of sp³-hybridized carbons (Fsp3) is 0.286. The molecular weight excluding hydrogens is 586 g/mol. The molecule has 0 radical (unpaired) electrons. The molecule has 3 aromatic carbocycles. The number of alkyl halides is 3. The Morgan fingerprint density at radius 2 is 1.63 bits per heavy atom. The molecule has 13 heteroatoms. The van der Waals surface area contributed by atoms with Crippen molar-refractivity contribution in [1.82, 2.24) is 10.2 Å². The highest BCUT2D eigenvalue weighted by Gasteiger charge is 2.36. The maximum absolute atomic E-state index is 14.6. The quantitative estimate of drug-likeness (QED) is 0.284. The molecule has 0 saturated heterocycles. The van der Waals surface area contributed by atoms with Crippen molar-refractivity contribution >= 4 is 39.1 Å². The van der Waals surface area contributed by atoms with Crippen molar-refractivity contribution in [3.63, 3.8) is 0 Å². The molecule has 3 aromatic rings. The first-order valence-electron chi connectivity index (χ1n) is 12.5. The largest absolute Gasteiger partial charge is 0.416 e. The van der Waals surface area contributed by atoms with Gasteiger partial charge in [0.2, 0.25) is 11.8 Å².